The Labute approximate surface area is 184 Å². The number of fused-ring (bicyclic) bond motifs is 1. The van der Waals surface area contributed by atoms with E-state index in [1.165, 1.54) is 6.07 Å². The fraction of sp³-hybridized carbons (Fsp3) is 0.583. The summed E-state index contributed by atoms with van der Waals surface area (Å²) < 4.78 is 11.8. The van der Waals surface area contributed by atoms with E-state index >= 15 is 0 Å². The second-order valence-corrected chi connectivity index (χ2v) is 8.37. The zero-order valence-corrected chi connectivity index (χ0v) is 19.0. The number of hydrogen-bond acceptors (Lipinski definition) is 6. The third kappa shape index (κ3) is 6.31. The van der Waals surface area contributed by atoms with Crippen LogP contribution in [0.1, 0.15) is 43.7 Å². The molecular formula is C24H35N3O4. The zero-order chi connectivity index (χ0) is 22.2. The SMILES string of the molecule is CCCC(CC)CNC(=O)c1cc(=O)c2cccc(OCCN3CCN(C)CC3)c2o1. The van der Waals surface area contributed by atoms with Crippen LogP contribution in [0.15, 0.2) is 33.5 Å². The maximum atomic E-state index is 12.6. The minimum Gasteiger partial charge on any atom is -0.488 e. The van der Waals surface area contributed by atoms with Crippen LogP contribution >= 0.6 is 0 Å². The molecule has 7 nitrogen and oxygen atoms in total. The molecule has 0 bridgehead atoms. The number of nitrogens with one attached hydrogen (secondary N) is 1. The Morgan fingerprint density at radius 2 is 2.00 bits per heavy atom. The van der Waals surface area contributed by atoms with Gasteiger partial charge in [0.1, 0.15) is 6.61 Å². The van der Waals surface area contributed by atoms with Gasteiger partial charge in [0, 0.05) is 45.3 Å². The molecule has 1 atom stereocenters. The molecule has 1 amide bonds. The van der Waals surface area contributed by atoms with E-state index in [0.29, 0.717) is 35.8 Å². The Balaban J connectivity index is 1.69. The van der Waals surface area contributed by atoms with Gasteiger partial charge in [-0.1, -0.05) is 32.8 Å². The number of nitrogens with zero attached hydrogens (tertiary/aromatic N) is 2. The minimum atomic E-state index is -0.360. The molecule has 1 aliphatic rings. The lowest BCUT2D eigenvalue weighted by atomic mass is 10.0. The average Bonchev–Trinajstić information content (AvgIpc) is 2.78. The molecule has 7 heteroatoms. The zero-order valence-electron chi connectivity index (χ0n) is 19.0. The quantitative estimate of drug-likeness (QED) is 0.626. The Hall–Kier alpha value is -2.38. The summed E-state index contributed by atoms with van der Waals surface area (Å²) in [5.41, 5.74) is 0.0932. The number of carbonyl (C=O) groups excluding carboxylic acids is 1. The lowest BCUT2D eigenvalue weighted by molar-refractivity contribution is 0.0918. The van der Waals surface area contributed by atoms with E-state index in [0.717, 1.165) is 52.0 Å². The molecule has 0 saturated carbocycles. The molecule has 31 heavy (non-hydrogen) atoms. The maximum absolute atomic E-state index is 12.6. The smallest absolute Gasteiger partial charge is 0.287 e. The molecule has 1 aliphatic heterocycles. The molecule has 0 radical (unpaired) electrons. The van der Waals surface area contributed by atoms with Crippen molar-refractivity contribution in [2.45, 2.75) is 33.1 Å². The van der Waals surface area contributed by atoms with Gasteiger partial charge in [-0.3, -0.25) is 14.5 Å². The van der Waals surface area contributed by atoms with E-state index in [1.807, 2.05) is 0 Å². The molecule has 1 aromatic heterocycles. The summed E-state index contributed by atoms with van der Waals surface area (Å²) >= 11 is 0. The highest BCUT2D eigenvalue weighted by Gasteiger charge is 2.17. The second-order valence-electron chi connectivity index (χ2n) is 8.37. The molecule has 1 aromatic carbocycles. The summed E-state index contributed by atoms with van der Waals surface area (Å²) in [5.74, 6) is 0.588. The van der Waals surface area contributed by atoms with E-state index < -0.39 is 0 Å². The lowest BCUT2D eigenvalue weighted by Gasteiger charge is -2.32. The van der Waals surface area contributed by atoms with Crippen LogP contribution in [0, 0.1) is 5.92 Å². The first-order valence-electron chi connectivity index (χ1n) is 11.4. The summed E-state index contributed by atoms with van der Waals surface area (Å²) in [6, 6.07) is 6.53. The predicted octanol–water partition coefficient (Wildman–Crippen LogP) is 2.98. The summed E-state index contributed by atoms with van der Waals surface area (Å²) in [4.78, 5) is 29.9. The first-order chi connectivity index (χ1) is 15.0. The highest BCUT2D eigenvalue weighted by atomic mass is 16.5. The number of rotatable bonds is 10. The average molecular weight is 430 g/mol. The molecule has 1 fully saturated rings. The Bertz CT molecular complexity index is 919. The van der Waals surface area contributed by atoms with Gasteiger partial charge in [0.2, 0.25) is 0 Å². The largest absolute Gasteiger partial charge is 0.488 e. The van der Waals surface area contributed by atoms with Gasteiger partial charge in [0.25, 0.3) is 5.91 Å². The highest BCUT2D eigenvalue weighted by Crippen LogP contribution is 2.24. The van der Waals surface area contributed by atoms with Crippen LogP contribution in [0.3, 0.4) is 0 Å². The molecule has 1 N–H and O–H groups in total. The van der Waals surface area contributed by atoms with Crippen molar-refractivity contribution in [3.8, 4) is 5.75 Å². The van der Waals surface area contributed by atoms with Gasteiger partial charge in [-0.05, 0) is 31.5 Å². The van der Waals surface area contributed by atoms with E-state index in [4.69, 9.17) is 9.15 Å². The summed E-state index contributed by atoms with van der Waals surface area (Å²) in [6.07, 6.45) is 3.14. The molecule has 1 unspecified atom stereocenters. The summed E-state index contributed by atoms with van der Waals surface area (Å²) in [6.45, 7) is 10.3. The van der Waals surface area contributed by atoms with Crippen molar-refractivity contribution in [1.29, 1.82) is 0 Å². The molecule has 3 rings (SSSR count). The maximum Gasteiger partial charge on any atom is 0.287 e. The van der Waals surface area contributed by atoms with E-state index in [2.05, 4.69) is 36.0 Å². The molecule has 1 saturated heterocycles. The molecular weight excluding hydrogens is 394 g/mol. The predicted molar refractivity (Wildman–Crippen MR) is 123 cm³/mol. The van der Waals surface area contributed by atoms with Crippen molar-refractivity contribution >= 4 is 16.9 Å². The number of hydrogen-bond donors (Lipinski definition) is 1. The van der Waals surface area contributed by atoms with Crippen LogP contribution in [0.4, 0.5) is 0 Å². The number of ether oxygens (including phenoxy) is 1. The topological polar surface area (TPSA) is 75.0 Å². The monoisotopic (exact) mass is 429 g/mol. The van der Waals surface area contributed by atoms with E-state index in [-0.39, 0.29) is 17.1 Å². The number of amides is 1. The Morgan fingerprint density at radius 1 is 1.23 bits per heavy atom. The number of para-hydroxylation sites is 1. The number of piperazine rings is 1. The van der Waals surface area contributed by atoms with Crippen LogP contribution in [0.5, 0.6) is 5.75 Å². The van der Waals surface area contributed by atoms with Crippen LogP contribution in [0.25, 0.3) is 11.0 Å². The van der Waals surface area contributed by atoms with Gasteiger partial charge in [0.15, 0.2) is 22.5 Å². The summed E-state index contributed by atoms with van der Waals surface area (Å²) in [7, 11) is 2.13. The van der Waals surface area contributed by atoms with Crippen LogP contribution in [-0.4, -0.2) is 68.6 Å². The van der Waals surface area contributed by atoms with Crippen molar-refractivity contribution in [2.24, 2.45) is 5.92 Å². The van der Waals surface area contributed by atoms with Gasteiger partial charge in [-0.2, -0.15) is 0 Å². The molecule has 2 heterocycles. The standard InChI is InChI=1S/C24H35N3O4/c1-4-7-18(5-2)17-25-24(29)22-16-20(28)19-8-6-9-21(23(19)31-22)30-15-14-27-12-10-26(3)11-13-27/h6,8-9,16,18H,4-5,7,10-15,17H2,1-3H3,(H,25,29). The van der Waals surface area contributed by atoms with Gasteiger partial charge < -0.3 is 19.4 Å². The van der Waals surface area contributed by atoms with Gasteiger partial charge in [-0.15, -0.1) is 0 Å². The van der Waals surface area contributed by atoms with Gasteiger partial charge in [-0.25, -0.2) is 0 Å². The first-order valence-corrected chi connectivity index (χ1v) is 11.4. The molecule has 2 aromatic rings. The van der Waals surface area contributed by atoms with Crippen molar-refractivity contribution in [2.75, 3.05) is 52.9 Å². The molecule has 0 aliphatic carbocycles. The minimum absolute atomic E-state index is 0.0268. The third-order valence-corrected chi connectivity index (χ3v) is 6.03. The third-order valence-electron chi connectivity index (χ3n) is 6.03. The number of carbonyl (C=O) groups is 1. The van der Waals surface area contributed by atoms with Crippen molar-refractivity contribution in [1.82, 2.24) is 15.1 Å². The van der Waals surface area contributed by atoms with Crippen LogP contribution in [-0.2, 0) is 0 Å². The number of benzene rings is 1. The summed E-state index contributed by atoms with van der Waals surface area (Å²) in [5, 5.41) is 3.34. The van der Waals surface area contributed by atoms with Gasteiger partial charge in [0.05, 0.1) is 5.39 Å². The Kier molecular flexibility index (Phi) is 8.49. The van der Waals surface area contributed by atoms with Crippen molar-refractivity contribution in [3.63, 3.8) is 0 Å². The van der Waals surface area contributed by atoms with E-state index in [1.54, 1.807) is 18.2 Å². The first kappa shape index (κ1) is 23.3. The van der Waals surface area contributed by atoms with Crippen LogP contribution < -0.4 is 15.5 Å². The number of likely N-dealkylation sites (N-methyl/N-ethyl adjacent to an activating group) is 1. The Morgan fingerprint density at radius 3 is 2.71 bits per heavy atom. The fourth-order valence-electron chi connectivity index (χ4n) is 3.92. The van der Waals surface area contributed by atoms with E-state index in [9.17, 15) is 9.59 Å². The van der Waals surface area contributed by atoms with Crippen LogP contribution in [0.2, 0.25) is 0 Å². The van der Waals surface area contributed by atoms with Gasteiger partial charge >= 0.3 is 0 Å². The van der Waals surface area contributed by atoms with Crippen molar-refractivity contribution in [3.05, 3.63) is 40.2 Å². The highest BCUT2D eigenvalue weighted by molar-refractivity contribution is 5.93. The lowest BCUT2D eigenvalue weighted by Crippen LogP contribution is -2.45. The normalized spacial score (nSPS) is 16.4. The van der Waals surface area contributed by atoms with Crippen molar-refractivity contribution < 1.29 is 13.9 Å². The second kappa shape index (κ2) is 11.3. The fourth-order valence-corrected chi connectivity index (χ4v) is 3.92. The molecule has 0 spiro atoms. The molecule has 170 valence electrons.